The zero-order valence-corrected chi connectivity index (χ0v) is 13.1. The van der Waals surface area contributed by atoms with Gasteiger partial charge in [0.05, 0.1) is 6.04 Å². The number of rotatable bonds is 6. The summed E-state index contributed by atoms with van der Waals surface area (Å²) in [6, 6.07) is 4.50. The molecule has 0 aliphatic rings. The quantitative estimate of drug-likeness (QED) is 0.845. The molecule has 2 aromatic heterocycles. The summed E-state index contributed by atoms with van der Waals surface area (Å²) in [5.41, 5.74) is 6.93. The lowest BCUT2D eigenvalue weighted by atomic mass is 10.1. The van der Waals surface area contributed by atoms with E-state index in [9.17, 15) is 0 Å². The van der Waals surface area contributed by atoms with E-state index in [1.165, 1.54) is 4.88 Å². The highest BCUT2D eigenvalue weighted by Crippen LogP contribution is 2.28. The van der Waals surface area contributed by atoms with Gasteiger partial charge in [0.15, 0.2) is 0 Å². The monoisotopic (exact) mass is 290 g/mol. The molecule has 1 atom stereocenters. The Hall–Kier alpha value is -1.62. The maximum absolute atomic E-state index is 6.00. The molecule has 2 rings (SSSR count). The van der Waals surface area contributed by atoms with E-state index < -0.39 is 0 Å². The predicted octanol–water partition coefficient (Wildman–Crippen LogP) is 3.94. The van der Waals surface area contributed by atoms with Crippen LogP contribution in [-0.2, 0) is 6.42 Å². The molecule has 0 aliphatic carbocycles. The summed E-state index contributed by atoms with van der Waals surface area (Å²) < 4.78 is 0. The van der Waals surface area contributed by atoms with Gasteiger partial charge in [0.1, 0.15) is 17.5 Å². The fourth-order valence-corrected chi connectivity index (χ4v) is 2.95. The first kappa shape index (κ1) is 14.8. The lowest BCUT2D eigenvalue weighted by Crippen LogP contribution is -2.13. The van der Waals surface area contributed by atoms with E-state index in [4.69, 9.17) is 5.73 Å². The lowest BCUT2D eigenvalue weighted by molar-refractivity contribution is 0.750. The Labute approximate surface area is 124 Å². The third kappa shape index (κ3) is 3.28. The van der Waals surface area contributed by atoms with E-state index >= 15 is 0 Å². The maximum Gasteiger partial charge on any atom is 0.135 e. The van der Waals surface area contributed by atoms with Crippen LogP contribution >= 0.6 is 11.3 Å². The lowest BCUT2D eigenvalue weighted by Gasteiger charge is -2.19. The molecule has 3 N–H and O–H groups in total. The van der Waals surface area contributed by atoms with Crippen molar-refractivity contribution in [2.45, 2.75) is 46.1 Å². The van der Waals surface area contributed by atoms with Crippen molar-refractivity contribution in [1.82, 2.24) is 9.97 Å². The van der Waals surface area contributed by atoms with Crippen molar-refractivity contribution in [2.75, 3.05) is 11.1 Å². The van der Waals surface area contributed by atoms with Crippen LogP contribution in [0.15, 0.2) is 17.5 Å². The third-order valence-electron chi connectivity index (χ3n) is 3.31. The topological polar surface area (TPSA) is 63.8 Å². The van der Waals surface area contributed by atoms with Crippen LogP contribution in [-0.4, -0.2) is 9.97 Å². The fourth-order valence-electron chi connectivity index (χ4n) is 2.09. The van der Waals surface area contributed by atoms with Crippen molar-refractivity contribution in [3.63, 3.8) is 0 Å². The van der Waals surface area contributed by atoms with Crippen molar-refractivity contribution in [3.05, 3.63) is 33.8 Å². The molecule has 20 heavy (non-hydrogen) atoms. The molecule has 0 amide bonds. The molecule has 0 fully saturated rings. The van der Waals surface area contributed by atoms with Gasteiger partial charge in [-0.15, -0.1) is 11.3 Å². The molecule has 1 unspecified atom stereocenters. The number of hydrogen-bond donors (Lipinski definition) is 2. The van der Waals surface area contributed by atoms with Gasteiger partial charge < -0.3 is 11.1 Å². The molecule has 2 aromatic rings. The van der Waals surface area contributed by atoms with E-state index in [0.717, 1.165) is 36.5 Å². The van der Waals surface area contributed by atoms with Gasteiger partial charge in [-0.1, -0.05) is 19.9 Å². The third-order valence-corrected chi connectivity index (χ3v) is 4.30. The van der Waals surface area contributed by atoms with Crippen LogP contribution in [0.4, 0.5) is 11.6 Å². The SMILES string of the molecule is CCCc1nc(N)c(C)c(NC(CC)c2cccs2)n1. The largest absolute Gasteiger partial charge is 0.383 e. The normalized spacial score (nSPS) is 12.3. The van der Waals surface area contributed by atoms with Gasteiger partial charge in [0.2, 0.25) is 0 Å². The van der Waals surface area contributed by atoms with Gasteiger partial charge in [0.25, 0.3) is 0 Å². The van der Waals surface area contributed by atoms with Gasteiger partial charge in [-0.05, 0) is 31.2 Å². The smallest absolute Gasteiger partial charge is 0.135 e. The minimum absolute atomic E-state index is 0.275. The Morgan fingerprint density at radius 1 is 1.35 bits per heavy atom. The summed E-state index contributed by atoms with van der Waals surface area (Å²) in [5.74, 6) is 2.26. The fraction of sp³-hybridized carbons (Fsp3) is 0.467. The van der Waals surface area contributed by atoms with Gasteiger partial charge in [-0.2, -0.15) is 0 Å². The first-order valence-electron chi connectivity index (χ1n) is 7.08. The van der Waals surface area contributed by atoms with Crippen molar-refractivity contribution < 1.29 is 0 Å². The van der Waals surface area contributed by atoms with Crippen LogP contribution in [0.1, 0.15) is 49.0 Å². The molecule has 0 bridgehead atoms. The average molecular weight is 290 g/mol. The molecule has 0 radical (unpaired) electrons. The second-order valence-corrected chi connectivity index (χ2v) is 5.85. The summed E-state index contributed by atoms with van der Waals surface area (Å²) in [4.78, 5) is 10.3. The zero-order valence-electron chi connectivity index (χ0n) is 12.3. The van der Waals surface area contributed by atoms with Gasteiger partial charge in [-0.25, -0.2) is 9.97 Å². The number of nitrogen functional groups attached to an aromatic ring is 1. The molecule has 0 aromatic carbocycles. The highest BCUT2D eigenvalue weighted by Gasteiger charge is 2.14. The highest BCUT2D eigenvalue weighted by atomic mass is 32.1. The second kappa shape index (κ2) is 6.70. The first-order valence-corrected chi connectivity index (χ1v) is 7.96. The Balaban J connectivity index is 2.27. The Bertz CT molecular complexity index is 551. The number of anilines is 2. The van der Waals surface area contributed by atoms with Gasteiger partial charge in [-0.3, -0.25) is 0 Å². The second-order valence-electron chi connectivity index (χ2n) is 4.87. The standard InChI is InChI=1S/C15H22N4S/c1-4-7-13-18-14(16)10(3)15(19-13)17-11(5-2)12-8-6-9-20-12/h6,8-9,11H,4-5,7H2,1-3H3,(H3,16,17,18,19). The molecule has 0 saturated heterocycles. The Morgan fingerprint density at radius 3 is 2.75 bits per heavy atom. The molecule has 0 spiro atoms. The predicted molar refractivity (Wildman–Crippen MR) is 86.2 cm³/mol. The van der Waals surface area contributed by atoms with Gasteiger partial charge >= 0.3 is 0 Å². The molecule has 0 aliphatic heterocycles. The van der Waals surface area contributed by atoms with E-state index in [0.29, 0.717) is 5.82 Å². The molecule has 4 nitrogen and oxygen atoms in total. The van der Waals surface area contributed by atoms with Crippen LogP contribution in [0, 0.1) is 6.92 Å². The number of nitrogens with one attached hydrogen (secondary N) is 1. The molecule has 108 valence electrons. The molecule has 5 heteroatoms. The minimum atomic E-state index is 0.275. The first-order chi connectivity index (χ1) is 9.65. The van der Waals surface area contributed by atoms with E-state index in [-0.39, 0.29) is 6.04 Å². The zero-order chi connectivity index (χ0) is 14.5. The number of aryl methyl sites for hydroxylation is 1. The summed E-state index contributed by atoms with van der Waals surface area (Å²) in [6.07, 6.45) is 2.88. The van der Waals surface area contributed by atoms with E-state index in [1.54, 1.807) is 11.3 Å². The van der Waals surface area contributed by atoms with Crippen LogP contribution < -0.4 is 11.1 Å². The molecule has 2 heterocycles. The van der Waals surface area contributed by atoms with Crippen molar-refractivity contribution in [1.29, 1.82) is 0 Å². The average Bonchev–Trinajstić information content (AvgIpc) is 2.95. The number of aromatic nitrogens is 2. The van der Waals surface area contributed by atoms with Gasteiger partial charge in [0, 0.05) is 16.9 Å². The van der Waals surface area contributed by atoms with Crippen LogP contribution in [0.25, 0.3) is 0 Å². The number of nitrogens with two attached hydrogens (primary N) is 1. The summed E-state index contributed by atoms with van der Waals surface area (Å²) >= 11 is 1.76. The molecular formula is C15H22N4S. The summed E-state index contributed by atoms with van der Waals surface area (Å²) in [7, 11) is 0. The summed E-state index contributed by atoms with van der Waals surface area (Å²) in [5, 5.41) is 5.62. The highest BCUT2D eigenvalue weighted by molar-refractivity contribution is 7.10. The molecular weight excluding hydrogens is 268 g/mol. The number of nitrogens with zero attached hydrogens (tertiary/aromatic N) is 2. The van der Waals surface area contributed by atoms with Crippen molar-refractivity contribution >= 4 is 23.0 Å². The van der Waals surface area contributed by atoms with Crippen LogP contribution in [0.3, 0.4) is 0 Å². The number of hydrogen-bond acceptors (Lipinski definition) is 5. The number of thiophene rings is 1. The van der Waals surface area contributed by atoms with Crippen molar-refractivity contribution in [2.24, 2.45) is 0 Å². The van der Waals surface area contributed by atoms with E-state index in [1.807, 2.05) is 6.92 Å². The Kier molecular flexibility index (Phi) is 4.95. The maximum atomic E-state index is 6.00. The van der Waals surface area contributed by atoms with Crippen molar-refractivity contribution in [3.8, 4) is 0 Å². The summed E-state index contributed by atoms with van der Waals surface area (Å²) in [6.45, 7) is 6.26. The van der Waals surface area contributed by atoms with E-state index in [2.05, 4.69) is 46.6 Å². The van der Waals surface area contributed by atoms with Crippen LogP contribution in [0.2, 0.25) is 0 Å². The molecule has 0 saturated carbocycles. The van der Waals surface area contributed by atoms with Crippen LogP contribution in [0.5, 0.6) is 0 Å². The minimum Gasteiger partial charge on any atom is -0.383 e. The Morgan fingerprint density at radius 2 is 2.15 bits per heavy atom.